The third-order valence-corrected chi connectivity index (χ3v) is 3.29. The topological polar surface area (TPSA) is 84.9 Å². The van der Waals surface area contributed by atoms with Crippen molar-refractivity contribution >= 4 is 17.6 Å². The van der Waals surface area contributed by atoms with Crippen LogP contribution in [0.2, 0.25) is 0 Å². The summed E-state index contributed by atoms with van der Waals surface area (Å²) >= 11 is 0. The standard InChI is InChI=1S/C17H14F3NO5/c1-25-9-26-14-8-10(16(23)24)6-7-13(14)21-15(22)11-4-2-3-5-12(11)17(18,19)20/h2-8H,9H2,1H3,(H,21,22)(H,23,24). The maximum absolute atomic E-state index is 13.0. The summed E-state index contributed by atoms with van der Waals surface area (Å²) in [7, 11) is 1.33. The summed E-state index contributed by atoms with van der Waals surface area (Å²) in [5.41, 5.74) is -1.77. The molecule has 6 nitrogen and oxygen atoms in total. The monoisotopic (exact) mass is 369 g/mol. The number of carbonyl (C=O) groups excluding carboxylic acids is 1. The molecule has 0 radical (unpaired) electrons. The number of anilines is 1. The summed E-state index contributed by atoms with van der Waals surface area (Å²) in [5.74, 6) is -2.29. The minimum Gasteiger partial charge on any atom is -0.478 e. The zero-order valence-electron chi connectivity index (χ0n) is 13.5. The van der Waals surface area contributed by atoms with E-state index in [-0.39, 0.29) is 23.8 Å². The van der Waals surface area contributed by atoms with Crippen molar-refractivity contribution in [2.45, 2.75) is 6.18 Å². The maximum atomic E-state index is 13.0. The van der Waals surface area contributed by atoms with E-state index in [0.717, 1.165) is 18.2 Å². The zero-order chi connectivity index (χ0) is 19.3. The van der Waals surface area contributed by atoms with Crippen LogP contribution in [0.15, 0.2) is 42.5 Å². The van der Waals surface area contributed by atoms with Crippen LogP contribution >= 0.6 is 0 Å². The first-order valence-corrected chi connectivity index (χ1v) is 7.20. The van der Waals surface area contributed by atoms with Gasteiger partial charge in [0.2, 0.25) is 0 Å². The Hall–Kier alpha value is -3.07. The van der Waals surface area contributed by atoms with Gasteiger partial charge in [0, 0.05) is 7.11 Å². The van der Waals surface area contributed by atoms with Gasteiger partial charge in [-0.2, -0.15) is 13.2 Å². The molecule has 0 aliphatic rings. The Bertz CT molecular complexity index is 820. The lowest BCUT2D eigenvalue weighted by atomic mass is 10.1. The average molecular weight is 369 g/mol. The van der Waals surface area contributed by atoms with Crippen molar-refractivity contribution in [2.24, 2.45) is 0 Å². The first kappa shape index (κ1) is 19.3. The van der Waals surface area contributed by atoms with Crippen LogP contribution in [0.25, 0.3) is 0 Å². The summed E-state index contributed by atoms with van der Waals surface area (Å²) in [6, 6.07) is 7.86. The summed E-state index contributed by atoms with van der Waals surface area (Å²) in [6.45, 7) is -0.245. The Morgan fingerprint density at radius 1 is 1.15 bits per heavy atom. The first-order valence-electron chi connectivity index (χ1n) is 7.20. The summed E-state index contributed by atoms with van der Waals surface area (Å²) in [4.78, 5) is 23.3. The van der Waals surface area contributed by atoms with Crippen LogP contribution in [0.1, 0.15) is 26.3 Å². The fraction of sp³-hybridized carbons (Fsp3) is 0.176. The molecule has 0 aromatic heterocycles. The predicted octanol–water partition coefficient (Wildman–Crippen LogP) is 3.64. The molecule has 0 spiro atoms. The molecule has 0 saturated heterocycles. The largest absolute Gasteiger partial charge is 0.478 e. The Labute approximate surface area is 146 Å². The quantitative estimate of drug-likeness (QED) is 0.760. The molecule has 2 aromatic rings. The highest BCUT2D eigenvalue weighted by Crippen LogP contribution is 2.33. The number of ether oxygens (including phenoxy) is 2. The van der Waals surface area contributed by atoms with Crippen LogP contribution in [0, 0.1) is 0 Å². The number of methoxy groups -OCH3 is 1. The predicted molar refractivity (Wildman–Crippen MR) is 85.3 cm³/mol. The van der Waals surface area contributed by atoms with Crippen molar-refractivity contribution in [3.63, 3.8) is 0 Å². The van der Waals surface area contributed by atoms with E-state index in [9.17, 15) is 22.8 Å². The molecule has 0 aliphatic carbocycles. The number of carboxylic acids is 1. The molecule has 0 bridgehead atoms. The van der Waals surface area contributed by atoms with Gasteiger partial charge in [0.05, 0.1) is 22.4 Å². The van der Waals surface area contributed by atoms with Crippen molar-refractivity contribution in [3.8, 4) is 5.75 Å². The van der Waals surface area contributed by atoms with Crippen LogP contribution in [0.4, 0.5) is 18.9 Å². The second-order valence-corrected chi connectivity index (χ2v) is 5.06. The SMILES string of the molecule is COCOc1cc(C(=O)O)ccc1NC(=O)c1ccccc1C(F)(F)F. The van der Waals surface area contributed by atoms with E-state index >= 15 is 0 Å². The van der Waals surface area contributed by atoms with Gasteiger partial charge in [-0.3, -0.25) is 4.79 Å². The number of hydrogen-bond donors (Lipinski definition) is 2. The fourth-order valence-electron chi connectivity index (χ4n) is 2.12. The Kier molecular flexibility index (Phi) is 5.83. The summed E-state index contributed by atoms with van der Waals surface area (Å²) in [6.07, 6.45) is -4.70. The van der Waals surface area contributed by atoms with Crippen LogP contribution < -0.4 is 10.1 Å². The van der Waals surface area contributed by atoms with Crippen LogP contribution in [-0.4, -0.2) is 30.9 Å². The lowest BCUT2D eigenvalue weighted by Gasteiger charge is -2.15. The molecule has 0 aliphatic heterocycles. The van der Waals surface area contributed by atoms with E-state index in [1.807, 2.05) is 0 Å². The van der Waals surface area contributed by atoms with Crippen molar-refractivity contribution in [3.05, 3.63) is 59.2 Å². The molecule has 0 fully saturated rings. The Balaban J connectivity index is 2.36. The Morgan fingerprint density at radius 3 is 2.46 bits per heavy atom. The molecule has 2 N–H and O–H groups in total. The number of halogens is 3. The molecule has 9 heteroatoms. The number of carboxylic acid groups (broad SMARTS) is 1. The minimum atomic E-state index is -4.70. The Morgan fingerprint density at radius 2 is 1.85 bits per heavy atom. The van der Waals surface area contributed by atoms with Gasteiger partial charge in [0.25, 0.3) is 5.91 Å². The van der Waals surface area contributed by atoms with Crippen molar-refractivity contribution in [2.75, 3.05) is 19.2 Å². The van der Waals surface area contributed by atoms with Crippen LogP contribution in [0.3, 0.4) is 0 Å². The molecule has 2 aromatic carbocycles. The number of nitrogens with one attached hydrogen (secondary N) is 1. The third kappa shape index (κ3) is 4.51. The van der Waals surface area contributed by atoms with Gasteiger partial charge >= 0.3 is 12.1 Å². The highest BCUT2D eigenvalue weighted by atomic mass is 19.4. The minimum absolute atomic E-state index is 0.00836. The molecule has 2 rings (SSSR count). The molecule has 0 saturated carbocycles. The molecular weight excluding hydrogens is 355 g/mol. The van der Waals surface area contributed by atoms with Gasteiger partial charge in [-0.05, 0) is 30.3 Å². The second-order valence-electron chi connectivity index (χ2n) is 5.06. The number of amides is 1. The second kappa shape index (κ2) is 7.87. The molecule has 0 atom stereocenters. The highest BCUT2D eigenvalue weighted by Gasteiger charge is 2.35. The highest BCUT2D eigenvalue weighted by molar-refractivity contribution is 6.06. The number of rotatable bonds is 6. The van der Waals surface area contributed by atoms with E-state index in [4.69, 9.17) is 14.6 Å². The average Bonchev–Trinajstić information content (AvgIpc) is 2.59. The number of benzene rings is 2. The zero-order valence-corrected chi connectivity index (χ0v) is 13.5. The van der Waals surface area contributed by atoms with Crippen LogP contribution in [-0.2, 0) is 10.9 Å². The molecule has 0 unspecified atom stereocenters. The van der Waals surface area contributed by atoms with Gasteiger partial charge < -0.3 is 19.9 Å². The number of alkyl halides is 3. The lowest BCUT2D eigenvalue weighted by molar-refractivity contribution is -0.137. The van der Waals surface area contributed by atoms with Crippen molar-refractivity contribution in [1.29, 1.82) is 0 Å². The third-order valence-electron chi connectivity index (χ3n) is 3.29. The van der Waals surface area contributed by atoms with E-state index in [1.54, 1.807) is 0 Å². The van der Waals surface area contributed by atoms with Gasteiger partial charge in [-0.25, -0.2) is 4.79 Å². The smallest absolute Gasteiger partial charge is 0.417 e. The molecule has 26 heavy (non-hydrogen) atoms. The molecular formula is C17H14F3NO5. The number of hydrogen-bond acceptors (Lipinski definition) is 4. The van der Waals surface area contributed by atoms with E-state index < -0.39 is 29.2 Å². The van der Waals surface area contributed by atoms with Gasteiger partial charge in [-0.15, -0.1) is 0 Å². The fourth-order valence-corrected chi connectivity index (χ4v) is 2.12. The lowest BCUT2D eigenvalue weighted by Crippen LogP contribution is -2.19. The van der Waals surface area contributed by atoms with E-state index in [1.165, 1.54) is 31.4 Å². The number of carbonyl (C=O) groups is 2. The molecule has 138 valence electrons. The maximum Gasteiger partial charge on any atom is 0.417 e. The number of aromatic carboxylic acids is 1. The first-order chi connectivity index (χ1) is 12.2. The van der Waals surface area contributed by atoms with Crippen LogP contribution in [0.5, 0.6) is 5.75 Å². The normalized spacial score (nSPS) is 11.1. The van der Waals surface area contributed by atoms with E-state index in [2.05, 4.69) is 5.32 Å². The van der Waals surface area contributed by atoms with E-state index in [0.29, 0.717) is 0 Å². The summed E-state index contributed by atoms with van der Waals surface area (Å²) in [5, 5.41) is 11.3. The van der Waals surface area contributed by atoms with Gasteiger partial charge in [0.15, 0.2) is 6.79 Å². The van der Waals surface area contributed by atoms with Gasteiger partial charge in [0.1, 0.15) is 5.75 Å². The summed E-state index contributed by atoms with van der Waals surface area (Å²) < 4.78 is 49.1. The molecule has 0 heterocycles. The molecule has 1 amide bonds. The van der Waals surface area contributed by atoms with Crippen molar-refractivity contribution < 1.29 is 37.3 Å². The van der Waals surface area contributed by atoms with Crippen molar-refractivity contribution in [1.82, 2.24) is 0 Å². The van der Waals surface area contributed by atoms with Gasteiger partial charge in [-0.1, -0.05) is 12.1 Å².